The number of halogens is 2. The molecule has 0 radical (unpaired) electrons. The Hall–Kier alpha value is 0.180. The van der Waals surface area contributed by atoms with Crippen LogP contribution in [-0.4, -0.2) is 36.6 Å². The summed E-state index contributed by atoms with van der Waals surface area (Å²) in [7, 11) is 0. The highest BCUT2D eigenvalue weighted by Gasteiger charge is 2.21. The predicted molar refractivity (Wildman–Crippen MR) is 55.1 cm³/mol. The standard InChI is InChI=1S/C10H19ClFN/c11-6-9-13(8-3-7-12)10-4-1-2-5-10/h10H,1-9H2. The average molecular weight is 208 g/mol. The summed E-state index contributed by atoms with van der Waals surface area (Å²) in [5.41, 5.74) is 0. The quantitative estimate of drug-likeness (QED) is 0.606. The Morgan fingerprint density at radius 1 is 1.23 bits per heavy atom. The first-order valence-electron chi connectivity index (χ1n) is 5.24. The lowest BCUT2D eigenvalue weighted by atomic mass is 10.2. The molecule has 0 aromatic rings. The summed E-state index contributed by atoms with van der Waals surface area (Å²) < 4.78 is 12.0. The number of hydrogen-bond donors (Lipinski definition) is 0. The maximum atomic E-state index is 12.0. The van der Waals surface area contributed by atoms with Gasteiger partial charge in [-0.1, -0.05) is 12.8 Å². The molecule has 0 saturated heterocycles. The lowest BCUT2D eigenvalue weighted by Gasteiger charge is -2.27. The third kappa shape index (κ3) is 3.82. The minimum atomic E-state index is -0.203. The fourth-order valence-electron chi connectivity index (χ4n) is 2.12. The highest BCUT2D eigenvalue weighted by Crippen LogP contribution is 2.23. The summed E-state index contributed by atoms with van der Waals surface area (Å²) in [5.74, 6) is 0.669. The molecule has 1 rings (SSSR count). The van der Waals surface area contributed by atoms with Gasteiger partial charge in [-0.3, -0.25) is 9.29 Å². The van der Waals surface area contributed by atoms with Crippen LogP contribution in [0.2, 0.25) is 0 Å². The third-order valence-electron chi connectivity index (χ3n) is 2.79. The molecule has 0 unspecified atom stereocenters. The van der Waals surface area contributed by atoms with Gasteiger partial charge in [0, 0.05) is 25.0 Å². The highest BCUT2D eigenvalue weighted by atomic mass is 35.5. The maximum Gasteiger partial charge on any atom is 0.0906 e. The topological polar surface area (TPSA) is 3.24 Å². The zero-order valence-electron chi connectivity index (χ0n) is 8.14. The molecule has 1 saturated carbocycles. The molecule has 0 heterocycles. The molecule has 1 nitrogen and oxygen atoms in total. The Balaban J connectivity index is 2.26. The smallest absolute Gasteiger partial charge is 0.0906 e. The Bertz CT molecular complexity index is 126. The molecule has 1 aliphatic rings. The first-order valence-corrected chi connectivity index (χ1v) is 5.78. The zero-order valence-corrected chi connectivity index (χ0v) is 8.90. The van der Waals surface area contributed by atoms with Crippen molar-refractivity contribution in [3.63, 3.8) is 0 Å². The normalized spacial score (nSPS) is 18.7. The molecule has 0 bridgehead atoms. The van der Waals surface area contributed by atoms with Gasteiger partial charge in [-0.15, -0.1) is 11.6 Å². The molecule has 0 N–H and O–H groups in total. The molecule has 3 heteroatoms. The molecule has 13 heavy (non-hydrogen) atoms. The number of alkyl halides is 2. The van der Waals surface area contributed by atoms with Crippen LogP contribution in [-0.2, 0) is 0 Å². The van der Waals surface area contributed by atoms with Crippen LogP contribution in [0, 0.1) is 0 Å². The van der Waals surface area contributed by atoms with Gasteiger partial charge in [0.2, 0.25) is 0 Å². The molecular formula is C10H19ClFN. The van der Waals surface area contributed by atoms with Crippen LogP contribution >= 0.6 is 11.6 Å². The lowest BCUT2D eigenvalue weighted by molar-refractivity contribution is 0.201. The first kappa shape index (κ1) is 11.3. The van der Waals surface area contributed by atoms with Crippen LogP contribution in [0.1, 0.15) is 32.1 Å². The van der Waals surface area contributed by atoms with Gasteiger partial charge >= 0.3 is 0 Å². The van der Waals surface area contributed by atoms with E-state index in [-0.39, 0.29) is 6.67 Å². The van der Waals surface area contributed by atoms with Gasteiger partial charge in [0.1, 0.15) is 0 Å². The molecule has 0 atom stereocenters. The SMILES string of the molecule is FCCCN(CCCl)C1CCCC1. The largest absolute Gasteiger partial charge is 0.299 e. The third-order valence-corrected chi connectivity index (χ3v) is 2.96. The summed E-state index contributed by atoms with van der Waals surface area (Å²) >= 11 is 5.72. The van der Waals surface area contributed by atoms with Gasteiger partial charge in [0.25, 0.3) is 0 Å². The van der Waals surface area contributed by atoms with Crippen molar-refractivity contribution < 1.29 is 4.39 Å². The summed E-state index contributed by atoms with van der Waals surface area (Å²) in [6.07, 6.45) is 5.89. The van der Waals surface area contributed by atoms with Crippen molar-refractivity contribution in [2.75, 3.05) is 25.6 Å². The Morgan fingerprint density at radius 3 is 2.46 bits per heavy atom. The molecule has 0 spiro atoms. The van der Waals surface area contributed by atoms with E-state index in [2.05, 4.69) is 4.90 Å². The van der Waals surface area contributed by atoms with E-state index >= 15 is 0 Å². The second-order valence-corrected chi connectivity index (χ2v) is 4.08. The minimum absolute atomic E-state index is 0.203. The van der Waals surface area contributed by atoms with Crippen molar-refractivity contribution in [3.8, 4) is 0 Å². The van der Waals surface area contributed by atoms with Gasteiger partial charge in [-0.2, -0.15) is 0 Å². The molecule has 0 aliphatic heterocycles. The van der Waals surface area contributed by atoms with Crippen LogP contribution in [0.3, 0.4) is 0 Å². The fraction of sp³-hybridized carbons (Fsp3) is 1.00. The van der Waals surface area contributed by atoms with Gasteiger partial charge < -0.3 is 0 Å². The van der Waals surface area contributed by atoms with Crippen LogP contribution in [0.15, 0.2) is 0 Å². The zero-order chi connectivity index (χ0) is 9.52. The summed E-state index contributed by atoms with van der Waals surface area (Å²) in [5, 5.41) is 0. The van der Waals surface area contributed by atoms with Gasteiger partial charge in [-0.05, 0) is 19.3 Å². The van der Waals surface area contributed by atoms with Crippen LogP contribution < -0.4 is 0 Å². The summed E-state index contributed by atoms with van der Waals surface area (Å²) in [6, 6.07) is 0.685. The Kier molecular flexibility index (Phi) is 5.72. The molecule has 0 aromatic carbocycles. The van der Waals surface area contributed by atoms with Crippen LogP contribution in [0.4, 0.5) is 4.39 Å². The van der Waals surface area contributed by atoms with Crippen LogP contribution in [0.5, 0.6) is 0 Å². The van der Waals surface area contributed by atoms with Gasteiger partial charge in [0.05, 0.1) is 6.67 Å². The van der Waals surface area contributed by atoms with Crippen molar-refractivity contribution in [2.24, 2.45) is 0 Å². The van der Waals surface area contributed by atoms with E-state index in [0.29, 0.717) is 18.3 Å². The Labute approximate surface area is 85.2 Å². The molecule has 1 fully saturated rings. The lowest BCUT2D eigenvalue weighted by Crippen LogP contribution is -2.35. The minimum Gasteiger partial charge on any atom is -0.299 e. The molecule has 78 valence electrons. The second-order valence-electron chi connectivity index (χ2n) is 3.71. The number of rotatable bonds is 6. The van der Waals surface area contributed by atoms with Gasteiger partial charge in [-0.25, -0.2) is 0 Å². The van der Waals surface area contributed by atoms with E-state index in [1.165, 1.54) is 25.7 Å². The fourth-order valence-corrected chi connectivity index (χ4v) is 2.33. The molecular weight excluding hydrogens is 189 g/mol. The predicted octanol–water partition coefficient (Wildman–Crippen LogP) is 2.83. The highest BCUT2D eigenvalue weighted by molar-refractivity contribution is 6.18. The van der Waals surface area contributed by atoms with Crippen molar-refractivity contribution >= 4 is 11.6 Å². The Morgan fingerprint density at radius 2 is 1.92 bits per heavy atom. The van der Waals surface area contributed by atoms with E-state index in [9.17, 15) is 4.39 Å². The molecule has 0 amide bonds. The van der Waals surface area contributed by atoms with Crippen molar-refractivity contribution in [1.82, 2.24) is 4.90 Å². The second kappa shape index (κ2) is 6.61. The van der Waals surface area contributed by atoms with E-state index in [0.717, 1.165) is 13.1 Å². The number of hydrogen-bond acceptors (Lipinski definition) is 1. The van der Waals surface area contributed by atoms with E-state index in [1.54, 1.807) is 0 Å². The maximum absolute atomic E-state index is 12.0. The monoisotopic (exact) mass is 207 g/mol. The molecule has 1 aliphatic carbocycles. The summed E-state index contributed by atoms with van der Waals surface area (Å²) in [4.78, 5) is 2.36. The van der Waals surface area contributed by atoms with Crippen LogP contribution in [0.25, 0.3) is 0 Å². The van der Waals surface area contributed by atoms with Crippen molar-refractivity contribution in [3.05, 3.63) is 0 Å². The first-order chi connectivity index (χ1) is 6.38. The van der Waals surface area contributed by atoms with E-state index < -0.39 is 0 Å². The number of nitrogens with zero attached hydrogens (tertiary/aromatic N) is 1. The van der Waals surface area contributed by atoms with Gasteiger partial charge in [0.15, 0.2) is 0 Å². The average Bonchev–Trinajstić information content (AvgIpc) is 2.65. The van der Waals surface area contributed by atoms with Crippen molar-refractivity contribution in [2.45, 2.75) is 38.1 Å². The molecule has 0 aromatic heterocycles. The summed E-state index contributed by atoms with van der Waals surface area (Å²) in [6.45, 7) is 1.60. The van der Waals surface area contributed by atoms with E-state index in [1.807, 2.05) is 0 Å². The van der Waals surface area contributed by atoms with Crippen molar-refractivity contribution in [1.29, 1.82) is 0 Å². The van der Waals surface area contributed by atoms with E-state index in [4.69, 9.17) is 11.6 Å².